The molecule has 9 nitrogen and oxygen atoms in total. The lowest BCUT2D eigenvalue weighted by atomic mass is 10.2. The maximum Gasteiger partial charge on any atom is 0.339 e. The van der Waals surface area contributed by atoms with Gasteiger partial charge in [-0.2, -0.15) is 0 Å². The van der Waals surface area contributed by atoms with E-state index < -0.39 is 17.5 Å². The first-order chi connectivity index (χ1) is 15.5. The minimum absolute atomic E-state index is 0.147. The minimum Gasteiger partial charge on any atom is -0.362 e. The third kappa shape index (κ3) is 3.07. The van der Waals surface area contributed by atoms with E-state index in [9.17, 15) is 9.18 Å². The van der Waals surface area contributed by atoms with Crippen molar-refractivity contribution in [3.63, 3.8) is 0 Å². The number of hydrogen-bond donors (Lipinski definition) is 2. The van der Waals surface area contributed by atoms with Crippen LogP contribution in [0.1, 0.15) is 18.7 Å². The predicted octanol–water partition coefficient (Wildman–Crippen LogP) is 4.27. The molecule has 32 heavy (non-hydrogen) atoms. The van der Waals surface area contributed by atoms with E-state index in [4.69, 9.17) is 18.2 Å². The number of H-pyrrole nitrogens is 1. The largest absolute Gasteiger partial charge is 0.362 e. The maximum absolute atomic E-state index is 14.0. The van der Waals surface area contributed by atoms with Crippen LogP contribution in [-0.4, -0.2) is 28.9 Å². The first kappa shape index (κ1) is 19.7. The summed E-state index contributed by atoms with van der Waals surface area (Å²) in [4.78, 5) is 32.4. The van der Waals surface area contributed by atoms with E-state index in [1.807, 2.05) is 6.92 Å². The fourth-order valence-corrected chi connectivity index (χ4v) is 3.87. The highest BCUT2D eigenvalue weighted by Gasteiger charge is 2.20. The summed E-state index contributed by atoms with van der Waals surface area (Å²) in [5.74, 6) is -0.0569. The highest BCUT2D eigenvalue weighted by atomic mass is 35.5. The van der Waals surface area contributed by atoms with E-state index in [1.54, 1.807) is 18.3 Å². The van der Waals surface area contributed by atoms with Crippen molar-refractivity contribution in [3.05, 3.63) is 87.6 Å². The Morgan fingerprint density at radius 2 is 2.12 bits per heavy atom. The molecule has 4 heterocycles. The average molecular weight is 449 g/mol. The Hall–Kier alpha value is -4.23. The number of hydrogen-bond acceptors (Lipinski definition) is 5. The zero-order valence-electron chi connectivity index (χ0n) is 16.5. The molecule has 4 aromatic heterocycles. The lowest BCUT2D eigenvalue weighted by Crippen LogP contribution is -2.30. The van der Waals surface area contributed by atoms with E-state index in [-0.39, 0.29) is 5.15 Å². The molecule has 0 saturated carbocycles. The Morgan fingerprint density at radius 3 is 2.91 bits per heavy atom. The topological polar surface area (TPSA) is 97.3 Å². The number of anilines is 1. The molecule has 0 aliphatic rings. The van der Waals surface area contributed by atoms with Gasteiger partial charge in [0.05, 0.1) is 35.6 Å². The first-order valence-electron chi connectivity index (χ1n) is 9.49. The average Bonchev–Trinajstić information content (AvgIpc) is 3.37. The Balaban J connectivity index is 1.70. The van der Waals surface area contributed by atoms with Gasteiger partial charge in [-0.1, -0.05) is 17.7 Å². The van der Waals surface area contributed by atoms with Crippen LogP contribution < -0.4 is 11.0 Å². The Bertz CT molecular complexity index is 1600. The second-order valence-electron chi connectivity index (χ2n) is 7.04. The number of rotatable bonds is 4. The van der Waals surface area contributed by atoms with Gasteiger partial charge in [-0.25, -0.2) is 33.4 Å². The smallest absolute Gasteiger partial charge is 0.339 e. The Morgan fingerprint density at radius 1 is 1.28 bits per heavy atom. The first-order valence-corrected chi connectivity index (χ1v) is 9.86. The molecule has 0 fully saturated rings. The second-order valence-corrected chi connectivity index (χ2v) is 7.43. The SMILES string of the molecule is [C-]#[N+]c1c[nH]c2ncnc(NC(C)c3cc4ncc(Cl)n4c(=O)n3-c3cccc(F)c3)c12. The molecular formula is C21H14ClFN8O. The molecule has 2 N–H and O–H groups in total. The highest BCUT2D eigenvalue weighted by Crippen LogP contribution is 2.32. The number of aromatic nitrogens is 6. The maximum atomic E-state index is 14.0. The number of nitrogens with zero attached hydrogens (tertiary/aromatic N) is 6. The number of benzene rings is 1. The summed E-state index contributed by atoms with van der Waals surface area (Å²) in [6.45, 7) is 9.21. The van der Waals surface area contributed by atoms with Crippen molar-refractivity contribution in [3.8, 4) is 5.69 Å². The van der Waals surface area contributed by atoms with Crippen molar-refractivity contribution in [2.24, 2.45) is 0 Å². The van der Waals surface area contributed by atoms with Crippen LogP contribution in [0.3, 0.4) is 0 Å². The van der Waals surface area contributed by atoms with Gasteiger partial charge in [0, 0.05) is 12.3 Å². The fraction of sp³-hybridized carbons (Fsp3) is 0.0952. The molecule has 0 radical (unpaired) electrons. The molecule has 0 aliphatic heterocycles. The number of imidazole rings is 1. The lowest BCUT2D eigenvalue weighted by Gasteiger charge is -2.21. The normalized spacial score (nSPS) is 12.2. The molecule has 0 amide bonds. The number of aromatic amines is 1. The molecule has 1 unspecified atom stereocenters. The molecule has 5 rings (SSSR count). The molecule has 158 valence electrons. The molecule has 0 aliphatic carbocycles. The van der Waals surface area contributed by atoms with E-state index in [0.717, 1.165) is 0 Å². The van der Waals surface area contributed by atoms with Crippen molar-refractivity contribution in [2.45, 2.75) is 13.0 Å². The van der Waals surface area contributed by atoms with Crippen LogP contribution in [-0.2, 0) is 0 Å². The zero-order chi connectivity index (χ0) is 22.4. The van der Waals surface area contributed by atoms with Gasteiger partial charge in [0.15, 0.2) is 0 Å². The zero-order valence-corrected chi connectivity index (χ0v) is 17.3. The predicted molar refractivity (Wildman–Crippen MR) is 118 cm³/mol. The van der Waals surface area contributed by atoms with Crippen molar-refractivity contribution in [1.82, 2.24) is 28.9 Å². The van der Waals surface area contributed by atoms with Gasteiger partial charge in [-0.3, -0.25) is 4.57 Å². The second kappa shape index (κ2) is 7.47. The van der Waals surface area contributed by atoms with E-state index in [1.165, 1.54) is 39.7 Å². The van der Waals surface area contributed by atoms with Gasteiger partial charge in [-0.15, -0.1) is 0 Å². The monoisotopic (exact) mass is 448 g/mol. The van der Waals surface area contributed by atoms with Crippen LogP contribution in [0.4, 0.5) is 15.9 Å². The lowest BCUT2D eigenvalue weighted by molar-refractivity contribution is 0.624. The summed E-state index contributed by atoms with van der Waals surface area (Å²) in [6.07, 6.45) is 4.31. The van der Waals surface area contributed by atoms with Crippen LogP contribution in [0.15, 0.2) is 53.8 Å². The molecule has 1 aromatic carbocycles. The summed E-state index contributed by atoms with van der Waals surface area (Å²) in [5, 5.41) is 3.94. The van der Waals surface area contributed by atoms with Crippen molar-refractivity contribution in [2.75, 3.05) is 5.32 Å². The van der Waals surface area contributed by atoms with Gasteiger partial charge in [0.1, 0.15) is 34.4 Å². The van der Waals surface area contributed by atoms with Crippen molar-refractivity contribution < 1.29 is 4.39 Å². The van der Waals surface area contributed by atoms with Gasteiger partial charge < -0.3 is 10.3 Å². The minimum atomic E-state index is -0.490. The molecule has 0 spiro atoms. The molecule has 11 heteroatoms. The van der Waals surface area contributed by atoms with Crippen LogP contribution in [0.2, 0.25) is 5.15 Å². The Kier molecular flexibility index (Phi) is 4.61. The third-order valence-corrected chi connectivity index (χ3v) is 5.36. The third-order valence-electron chi connectivity index (χ3n) is 5.10. The summed E-state index contributed by atoms with van der Waals surface area (Å²) >= 11 is 6.17. The fourth-order valence-electron chi connectivity index (χ4n) is 3.66. The Labute approximate surface area is 185 Å². The van der Waals surface area contributed by atoms with Crippen molar-refractivity contribution in [1.29, 1.82) is 0 Å². The van der Waals surface area contributed by atoms with Gasteiger partial charge in [0.2, 0.25) is 5.69 Å². The van der Waals surface area contributed by atoms with Crippen LogP contribution >= 0.6 is 11.6 Å². The van der Waals surface area contributed by atoms with Crippen molar-refractivity contribution >= 4 is 39.8 Å². The van der Waals surface area contributed by atoms with Crippen LogP contribution in [0.5, 0.6) is 0 Å². The van der Waals surface area contributed by atoms with Gasteiger partial charge >= 0.3 is 5.69 Å². The van der Waals surface area contributed by atoms with Gasteiger partial charge in [-0.05, 0) is 25.1 Å². The highest BCUT2D eigenvalue weighted by molar-refractivity contribution is 6.29. The molecule has 5 aromatic rings. The molecule has 1 atom stereocenters. The van der Waals surface area contributed by atoms with Gasteiger partial charge in [0.25, 0.3) is 0 Å². The number of fused-ring (bicyclic) bond motifs is 2. The summed E-state index contributed by atoms with van der Waals surface area (Å²) < 4.78 is 16.6. The number of halogens is 2. The summed E-state index contributed by atoms with van der Waals surface area (Å²) in [5.41, 5.74) is 1.58. The van der Waals surface area contributed by atoms with Crippen LogP contribution in [0, 0.1) is 12.4 Å². The quantitative estimate of drug-likeness (QED) is 0.400. The number of nitrogens with one attached hydrogen (secondary N) is 2. The standard InChI is InChI=1S/C21H14ClFN8O/c1-11(29-20-18-14(24-2)8-26-19(18)27-10-28-20)15-7-17-25-9-16(22)31(17)21(32)30(15)13-5-3-4-12(23)6-13/h3-11H,1H3,(H2,26,27,28,29). The van der Waals surface area contributed by atoms with E-state index >= 15 is 0 Å². The van der Waals surface area contributed by atoms with Crippen LogP contribution in [0.25, 0.3) is 27.2 Å². The molecular weight excluding hydrogens is 435 g/mol. The van der Waals surface area contributed by atoms with E-state index in [2.05, 4.69) is 30.1 Å². The molecule has 0 saturated heterocycles. The van der Waals surface area contributed by atoms with E-state index in [0.29, 0.717) is 39.6 Å². The summed E-state index contributed by atoms with van der Waals surface area (Å²) in [7, 11) is 0. The summed E-state index contributed by atoms with van der Waals surface area (Å²) in [6, 6.07) is 6.92. The molecule has 0 bridgehead atoms.